The van der Waals surface area contributed by atoms with E-state index in [0.29, 0.717) is 38.1 Å². The van der Waals surface area contributed by atoms with E-state index in [0.717, 1.165) is 16.8 Å². The molecule has 8 nitrogen and oxygen atoms in total. The van der Waals surface area contributed by atoms with Crippen LogP contribution in [-0.2, 0) is 6.61 Å². The molecule has 0 unspecified atom stereocenters. The summed E-state index contributed by atoms with van der Waals surface area (Å²) in [6.45, 7) is 3.80. The van der Waals surface area contributed by atoms with Crippen LogP contribution in [0.5, 0.6) is 11.5 Å². The number of nitrogens with zero attached hydrogens (tertiary/aromatic N) is 4. The summed E-state index contributed by atoms with van der Waals surface area (Å²) < 4.78 is 13.4. The van der Waals surface area contributed by atoms with Gasteiger partial charge < -0.3 is 9.47 Å². The normalized spacial score (nSPS) is 11.8. The molecule has 0 amide bonds. The predicted molar refractivity (Wildman–Crippen MR) is 145 cm³/mol. The molecule has 192 valence electrons. The molecule has 1 heterocycles. The van der Waals surface area contributed by atoms with Crippen LogP contribution in [0.15, 0.2) is 65.8 Å². The second-order valence-corrected chi connectivity index (χ2v) is 10.3. The molecule has 37 heavy (non-hydrogen) atoms. The first kappa shape index (κ1) is 26.8. The molecular formula is C26H24Cl2N4O4S. The monoisotopic (exact) mass is 558 g/mol. The Labute approximate surface area is 228 Å². The number of thioether (sulfide) groups is 1. The van der Waals surface area contributed by atoms with Crippen molar-refractivity contribution in [1.82, 2.24) is 14.8 Å². The number of ether oxygens (including phenoxy) is 2. The number of aromatic nitrogens is 3. The highest BCUT2D eigenvalue weighted by molar-refractivity contribution is 7.99. The molecule has 0 saturated heterocycles. The van der Waals surface area contributed by atoms with E-state index < -0.39 is 5.25 Å². The van der Waals surface area contributed by atoms with Crippen molar-refractivity contribution in [3.8, 4) is 17.2 Å². The molecule has 11 heteroatoms. The molecule has 1 aromatic heterocycles. The third-order valence-corrected chi connectivity index (χ3v) is 7.51. The van der Waals surface area contributed by atoms with E-state index >= 15 is 0 Å². The van der Waals surface area contributed by atoms with Crippen molar-refractivity contribution in [3.63, 3.8) is 0 Å². The summed E-state index contributed by atoms with van der Waals surface area (Å²) in [5.41, 5.74) is 3.56. The number of aryl methyl sites for hydroxylation is 2. The van der Waals surface area contributed by atoms with E-state index in [1.54, 1.807) is 30.3 Å². The van der Waals surface area contributed by atoms with Crippen LogP contribution in [0.4, 0.5) is 0 Å². The summed E-state index contributed by atoms with van der Waals surface area (Å²) in [5.74, 6) is 1.65. The lowest BCUT2D eigenvalue weighted by molar-refractivity contribution is -0.479. The Hall–Kier alpha value is -3.27. The van der Waals surface area contributed by atoms with Gasteiger partial charge in [0.25, 0.3) is 0 Å². The molecule has 0 fully saturated rings. The van der Waals surface area contributed by atoms with Crippen LogP contribution < -0.4 is 9.47 Å². The summed E-state index contributed by atoms with van der Waals surface area (Å²) in [7, 11) is 1.53. The van der Waals surface area contributed by atoms with Gasteiger partial charge in [0.2, 0.25) is 6.54 Å². The van der Waals surface area contributed by atoms with Gasteiger partial charge in [-0.15, -0.1) is 10.2 Å². The van der Waals surface area contributed by atoms with Crippen LogP contribution in [0.1, 0.15) is 27.8 Å². The molecule has 0 bridgehead atoms. The highest BCUT2D eigenvalue weighted by atomic mass is 35.5. The minimum Gasteiger partial charge on any atom is -0.493 e. The van der Waals surface area contributed by atoms with E-state index in [4.69, 9.17) is 32.7 Å². The third kappa shape index (κ3) is 6.54. The number of hydrogen-bond acceptors (Lipinski definition) is 7. The van der Waals surface area contributed by atoms with Crippen LogP contribution in [-0.4, -0.2) is 33.3 Å². The second-order valence-electron chi connectivity index (χ2n) is 8.27. The molecule has 0 aliphatic carbocycles. The number of nitro groups is 1. The quantitative estimate of drug-likeness (QED) is 0.119. The topological polar surface area (TPSA) is 92.3 Å². The Balaban J connectivity index is 1.59. The molecule has 4 rings (SSSR count). The molecule has 3 aromatic carbocycles. The fourth-order valence-corrected chi connectivity index (χ4v) is 5.16. The second kappa shape index (κ2) is 11.9. The summed E-state index contributed by atoms with van der Waals surface area (Å²) in [6, 6.07) is 18.5. The van der Waals surface area contributed by atoms with Crippen molar-refractivity contribution in [2.45, 2.75) is 30.9 Å². The fraction of sp³-hybridized carbons (Fsp3) is 0.231. The average molecular weight is 559 g/mol. The van der Waals surface area contributed by atoms with Crippen LogP contribution in [0.25, 0.3) is 5.69 Å². The maximum atomic E-state index is 11.6. The van der Waals surface area contributed by atoms with Gasteiger partial charge in [0.05, 0.1) is 17.2 Å². The lowest BCUT2D eigenvalue weighted by Gasteiger charge is -2.17. The first-order chi connectivity index (χ1) is 17.7. The summed E-state index contributed by atoms with van der Waals surface area (Å²) in [4.78, 5) is 11.2. The van der Waals surface area contributed by atoms with Crippen molar-refractivity contribution in [1.29, 1.82) is 0 Å². The van der Waals surface area contributed by atoms with Gasteiger partial charge in [-0.2, -0.15) is 0 Å². The molecule has 0 aliphatic rings. The van der Waals surface area contributed by atoms with Gasteiger partial charge >= 0.3 is 0 Å². The Bertz CT molecular complexity index is 1410. The molecular weight excluding hydrogens is 535 g/mol. The summed E-state index contributed by atoms with van der Waals surface area (Å²) in [5, 5.41) is 21.0. The van der Waals surface area contributed by atoms with E-state index in [1.165, 1.54) is 18.9 Å². The maximum Gasteiger partial charge on any atom is 0.220 e. The Kier molecular flexibility index (Phi) is 8.58. The van der Waals surface area contributed by atoms with Crippen LogP contribution in [0, 0.1) is 24.0 Å². The van der Waals surface area contributed by atoms with Gasteiger partial charge in [-0.3, -0.25) is 14.7 Å². The van der Waals surface area contributed by atoms with Crippen LogP contribution >= 0.6 is 35.0 Å². The number of methoxy groups -OCH3 is 1. The Morgan fingerprint density at radius 1 is 1.00 bits per heavy atom. The lowest BCUT2D eigenvalue weighted by Crippen LogP contribution is -2.11. The van der Waals surface area contributed by atoms with Gasteiger partial charge in [0, 0.05) is 10.6 Å². The van der Waals surface area contributed by atoms with Crippen molar-refractivity contribution in [2.75, 3.05) is 13.7 Å². The lowest BCUT2D eigenvalue weighted by atomic mass is 10.1. The van der Waals surface area contributed by atoms with E-state index in [9.17, 15) is 10.1 Å². The molecule has 4 aromatic rings. The molecule has 0 spiro atoms. The Morgan fingerprint density at radius 3 is 2.43 bits per heavy atom. The maximum absolute atomic E-state index is 11.6. The molecule has 0 radical (unpaired) electrons. The number of rotatable bonds is 10. The minimum absolute atomic E-state index is 0.249. The SMILES string of the molecule is COc1cc([C@H](C[N+](=O)[O-])Sc2nnc(C)n2-c2ccc(C)cc2)ccc1OCc1ccc(Cl)c(Cl)c1. The van der Waals surface area contributed by atoms with E-state index in [1.807, 2.05) is 48.7 Å². The molecule has 0 N–H and O–H groups in total. The Morgan fingerprint density at radius 2 is 1.76 bits per heavy atom. The molecule has 0 aliphatic heterocycles. The zero-order chi connectivity index (χ0) is 26.5. The van der Waals surface area contributed by atoms with Crippen molar-refractivity contribution in [2.24, 2.45) is 0 Å². The van der Waals surface area contributed by atoms with Gasteiger partial charge in [-0.25, -0.2) is 0 Å². The minimum atomic E-state index is -0.541. The van der Waals surface area contributed by atoms with Crippen LogP contribution in [0.2, 0.25) is 10.0 Å². The number of hydrogen-bond donors (Lipinski definition) is 0. The highest BCUT2D eigenvalue weighted by Gasteiger charge is 2.25. The van der Waals surface area contributed by atoms with Gasteiger partial charge in [-0.05, 0) is 61.4 Å². The standard InChI is InChI=1S/C26H24Cl2N4O4S/c1-16-4-8-20(9-5-16)32-17(2)29-30-26(32)37-25(14-31(33)34)19-7-11-23(24(13-19)35-3)36-15-18-6-10-21(27)22(28)12-18/h4-13,25H,14-15H2,1-3H3/t25-/m0/s1. The summed E-state index contributed by atoms with van der Waals surface area (Å²) in [6.07, 6.45) is 0. The van der Waals surface area contributed by atoms with E-state index in [2.05, 4.69) is 10.2 Å². The van der Waals surface area contributed by atoms with Crippen molar-refractivity contribution in [3.05, 3.63) is 103 Å². The largest absolute Gasteiger partial charge is 0.493 e. The first-order valence-corrected chi connectivity index (χ1v) is 12.9. The van der Waals surface area contributed by atoms with Gasteiger partial charge in [-0.1, -0.05) is 64.8 Å². The van der Waals surface area contributed by atoms with Crippen molar-refractivity contribution >= 4 is 35.0 Å². The predicted octanol–water partition coefficient (Wildman–Crippen LogP) is 6.89. The fourth-order valence-electron chi connectivity index (χ4n) is 3.68. The van der Waals surface area contributed by atoms with Gasteiger partial charge in [0.15, 0.2) is 16.7 Å². The average Bonchev–Trinajstić information content (AvgIpc) is 3.24. The number of benzene rings is 3. The molecule has 0 saturated carbocycles. The smallest absolute Gasteiger partial charge is 0.220 e. The summed E-state index contributed by atoms with van der Waals surface area (Å²) >= 11 is 13.4. The first-order valence-electron chi connectivity index (χ1n) is 11.3. The zero-order valence-electron chi connectivity index (χ0n) is 20.4. The van der Waals surface area contributed by atoms with E-state index in [-0.39, 0.29) is 18.1 Å². The van der Waals surface area contributed by atoms with Crippen molar-refractivity contribution < 1.29 is 14.4 Å². The number of halogens is 2. The van der Waals surface area contributed by atoms with Gasteiger partial charge in [0.1, 0.15) is 17.7 Å². The highest BCUT2D eigenvalue weighted by Crippen LogP contribution is 2.39. The van der Waals surface area contributed by atoms with Crippen LogP contribution in [0.3, 0.4) is 0 Å². The third-order valence-electron chi connectivity index (χ3n) is 5.59. The molecule has 1 atom stereocenters. The zero-order valence-corrected chi connectivity index (χ0v) is 22.7.